The molecule has 2 aliphatic heterocycles. The third kappa shape index (κ3) is 5.91. The Hall–Kier alpha value is -3.39. The highest BCUT2D eigenvalue weighted by molar-refractivity contribution is 8.18. The van der Waals surface area contributed by atoms with Crippen molar-refractivity contribution < 1.29 is 40.3 Å². The Bertz CT molecular complexity index is 1560. The molecule has 224 valence electrons. The number of carbonyl (C=O) groups excluding carboxylic acids is 2. The maximum atomic E-state index is 15.0. The van der Waals surface area contributed by atoms with Crippen LogP contribution in [0.1, 0.15) is 42.5 Å². The highest BCUT2D eigenvalue weighted by Crippen LogP contribution is 2.39. The summed E-state index contributed by atoms with van der Waals surface area (Å²) in [6.45, 7) is 4.15. The summed E-state index contributed by atoms with van der Waals surface area (Å²) in [5.41, 5.74) is -2.28. The summed E-state index contributed by atoms with van der Waals surface area (Å²) in [5.74, 6) is -0.589. The van der Waals surface area contributed by atoms with Gasteiger partial charge < -0.3 is 0 Å². The number of rotatable bonds is 5. The zero-order valence-corrected chi connectivity index (χ0v) is 23.2. The standard InChI is InChI=1S/C28H25F7N4O2S/c1-15(2)37-8-7-23(21(29)14-37)39-25(40)24(42-26(39)41)10-16-3-6-22-18(9-16)12-36-38(22)13-17-4-5-19(27(30,31)32)11-20(17)28(33,34)35/h3-6,9-12,15,21,23H,7-8,13-14H2,1-2H3. The first-order chi connectivity index (χ1) is 19.6. The number of halogens is 7. The van der Waals surface area contributed by atoms with Crippen molar-refractivity contribution in [2.75, 3.05) is 13.1 Å². The van der Waals surface area contributed by atoms with Gasteiger partial charge in [0, 0.05) is 24.5 Å². The first kappa shape index (κ1) is 30.1. The second-order valence-corrected chi connectivity index (χ2v) is 11.5. The van der Waals surface area contributed by atoms with Gasteiger partial charge in [-0.2, -0.15) is 31.4 Å². The van der Waals surface area contributed by atoms with E-state index in [1.165, 1.54) is 17.0 Å². The fraction of sp³-hybridized carbons (Fsp3) is 0.393. The molecule has 0 aliphatic carbocycles. The zero-order valence-electron chi connectivity index (χ0n) is 22.3. The van der Waals surface area contributed by atoms with Gasteiger partial charge in [-0.15, -0.1) is 0 Å². The Kier molecular flexibility index (Phi) is 7.90. The predicted molar refractivity (Wildman–Crippen MR) is 143 cm³/mol. The van der Waals surface area contributed by atoms with E-state index in [-0.39, 0.29) is 29.1 Å². The van der Waals surface area contributed by atoms with E-state index in [1.807, 2.05) is 18.7 Å². The van der Waals surface area contributed by atoms with Crippen molar-refractivity contribution >= 4 is 39.9 Å². The van der Waals surface area contributed by atoms with Gasteiger partial charge in [0.2, 0.25) is 0 Å². The maximum absolute atomic E-state index is 15.0. The molecule has 0 N–H and O–H groups in total. The van der Waals surface area contributed by atoms with Crippen LogP contribution < -0.4 is 0 Å². The molecule has 42 heavy (non-hydrogen) atoms. The average molecular weight is 615 g/mol. The van der Waals surface area contributed by atoms with Crippen LogP contribution >= 0.6 is 11.8 Å². The molecule has 2 fully saturated rings. The normalized spacial score (nSPS) is 21.9. The lowest BCUT2D eigenvalue weighted by Crippen LogP contribution is -2.55. The van der Waals surface area contributed by atoms with Crippen molar-refractivity contribution in [2.24, 2.45) is 0 Å². The van der Waals surface area contributed by atoms with E-state index in [4.69, 9.17) is 0 Å². The minimum Gasteiger partial charge on any atom is -0.298 e. The molecule has 1 aromatic heterocycles. The number of nitrogens with zero attached hydrogens (tertiary/aromatic N) is 4. The quantitative estimate of drug-likeness (QED) is 0.229. The fourth-order valence-electron chi connectivity index (χ4n) is 5.23. The number of hydrogen-bond acceptors (Lipinski definition) is 5. The lowest BCUT2D eigenvalue weighted by atomic mass is 10.00. The van der Waals surface area contributed by atoms with Gasteiger partial charge in [-0.05, 0) is 73.5 Å². The molecule has 2 atom stereocenters. The van der Waals surface area contributed by atoms with Gasteiger partial charge in [-0.1, -0.05) is 12.1 Å². The number of thioether (sulfide) groups is 1. The average Bonchev–Trinajstić information content (AvgIpc) is 3.42. The molecule has 14 heteroatoms. The summed E-state index contributed by atoms with van der Waals surface area (Å²) in [6, 6.07) is 5.50. The number of carbonyl (C=O) groups is 2. The topological polar surface area (TPSA) is 58.4 Å². The van der Waals surface area contributed by atoms with Crippen LogP contribution in [0.3, 0.4) is 0 Å². The van der Waals surface area contributed by atoms with Crippen LogP contribution in [0, 0.1) is 0 Å². The van der Waals surface area contributed by atoms with Gasteiger partial charge in [0.15, 0.2) is 0 Å². The molecule has 6 nitrogen and oxygen atoms in total. The van der Waals surface area contributed by atoms with Gasteiger partial charge in [-0.3, -0.25) is 24.1 Å². The van der Waals surface area contributed by atoms with E-state index < -0.39 is 53.4 Å². The van der Waals surface area contributed by atoms with Gasteiger partial charge in [0.05, 0.1) is 40.3 Å². The van der Waals surface area contributed by atoms with Gasteiger partial charge >= 0.3 is 12.4 Å². The van der Waals surface area contributed by atoms with Crippen molar-refractivity contribution in [2.45, 2.75) is 57.4 Å². The molecule has 3 aromatic rings. The Balaban J connectivity index is 1.37. The van der Waals surface area contributed by atoms with Crippen LogP contribution in [0.5, 0.6) is 0 Å². The number of alkyl halides is 7. The summed E-state index contributed by atoms with van der Waals surface area (Å²) >= 11 is 0.709. The molecule has 2 amide bonds. The highest BCUT2D eigenvalue weighted by atomic mass is 32.2. The molecule has 0 saturated carbocycles. The van der Waals surface area contributed by atoms with E-state index in [0.29, 0.717) is 47.3 Å². The third-order valence-corrected chi connectivity index (χ3v) is 8.33. The summed E-state index contributed by atoms with van der Waals surface area (Å²) in [5, 5.41) is 4.05. The van der Waals surface area contributed by atoms with Gasteiger partial charge in [0.1, 0.15) is 6.17 Å². The second-order valence-electron chi connectivity index (χ2n) is 10.5. The maximum Gasteiger partial charge on any atom is 0.416 e. The Morgan fingerprint density at radius 3 is 2.43 bits per heavy atom. The largest absolute Gasteiger partial charge is 0.416 e. The van der Waals surface area contributed by atoms with Crippen molar-refractivity contribution in [3.63, 3.8) is 0 Å². The molecule has 0 spiro atoms. The molecule has 2 aliphatic rings. The molecule has 0 radical (unpaired) electrons. The van der Waals surface area contributed by atoms with Crippen LogP contribution in [0.15, 0.2) is 47.5 Å². The minimum atomic E-state index is -5.01. The number of likely N-dealkylation sites (tertiary alicyclic amines) is 1. The van der Waals surface area contributed by atoms with Gasteiger partial charge in [0.25, 0.3) is 11.1 Å². The lowest BCUT2D eigenvalue weighted by molar-refractivity contribution is -0.143. The van der Waals surface area contributed by atoms with Crippen molar-refractivity contribution in [1.82, 2.24) is 19.6 Å². The molecular weight excluding hydrogens is 589 g/mol. The lowest BCUT2D eigenvalue weighted by Gasteiger charge is -2.39. The Labute approximate surface area is 240 Å². The van der Waals surface area contributed by atoms with E-state index in [2.05, 4.69) is 5.10 Å². The van der Waals surface area contributed by atoms with Crippen LogP contribution in [-0.4, -0.2) is 62.1 Å². The second kappa shape index (κ2) is 11.0. The third-order valence-electron chi connectivity index (χ3n) is 7.45. The minimum absolute atomic E-state index is 0.0882. The van der Waals surface area contributed by atoms with Crippen LogP contribution in [0.2, 0.25) is 0 Å². The number of piperidine rings is 1. The molecule has 2 saturated heterocycles. The fourth-order valence-corrected chi connectivity index (χ4v) is 6.12. The van der Waals surface area contributed by atoms with Crippen molar-refractivity contribution in [1.29, 1.82) is 0 Å². The zero-order chi connectivity index (χ0) is 30.6. The van der Waals surface area contributed by atoms with Gasteiger partial charge in [-0.25, -0.2) is 4.39 Å². The Morgan fingerprint density at radius 2 is 1.79 bits per heavy atom. The summed E-state index contributed by atoms with van der Waals surface area (Å²) in [7, 11) is 0. The number of fused-ring (bicyclic) bond motifs is 1. The first-order valence-electron chi connectivity index (χ1n) is 13.0. The molecular formula is C28H25F7N4O2S. The molecule has 3 heterocycles. The van der Waals surface area contributed by atoms with Crippen molar-refractivity contribution in [3.05, 3.63) is 69.8 Å². The van der Waals surface area contributed by atoms with E-state index in [1.54, 1.807) is 18.2 Å². The Morgan fingerprint density at radius 1 is 1.05 bits per heavy atom. The molecule has 5 rings (SSSR count). The number of amides is 2. The summed E-state index contributed by atoms with van der Waals surface area (Å²) in [6.07, 6.45) is -8.13. The highest BCUT2D eigenvalue weighted by Gasteiger charge is 2.45. The van der Waals surface area contributed by atoms with Crippen LogP contribution in [0.4, 0.5) is 35.5 Å². The van der Waals surface area contributed by atoms with Crippen LogP contribution in [0.25, 0.3) is 17.0 Å². The van der Waals surface area contributed by atoms with Crippen molar-refractivity contribution in [3.8, 4) is 0 Å². The van der Waals surface area contributed by atoms with E-state index in [0.717, 1.165) is 11.0 Å². The monoisotopic (exact) mass is 614 g/mol. The number of aromatic nitrogens is 2. The number of benzene rings is 2. The predicted octanol–water partition coefficient (Wildman–Crippen LogP) is 6.98. The molecule has 0 bridgehead atoms. The van der Waals surface area contributed by atoms with Crippen LogP contribution in [-0.2, 0) is 23.7 Å². The van der Waals surface area contributed by atoms with E-state index >= 15 is 0 Å². The molecule has 2 aromatic carbocycles. The first-order valence-corrected chi connectivity index (χ1v) is 13.8. The summed E-state index contributed by atoms with van der Waals surface area (Å²) in [4.78, 5) is 28.9. The SMILES string of the molecule is CC(C)N1CCC(N2C(=O)SC(=Cc3ccc4c(cnn4Cc4ccc(C(F)(F)F)cc4C(F)(F)F)c3)C2=O)C(F)C1. The number of imide groups is 1. The smallest absolute Gasteiger partial charge is 0.298 e. The summed E-state index contributed by atoms with van der Waals surface area (Å²) < 4.78 is 96.1. The molecule has 2 unspecified atom stereocenters. The van der Waals surface area contributed by atoms with E-state index in [9.17, 15) is 40.3 Å². The number of hydrogen-bond donors (Lipinski definition) is 0.